The smallest absolute Gasteiger partial charge is 0.261 e. The van der Waals surface area contributed by atoms with E-state index in [2.05, 4.69) is 16.2 Å². The topological polar surface area (TPSA) is 53.2 Å². The zero-order chi connectivity index (χ0) is 15.7. The molecule has 1 aromatic rings. The number of hydrogen-bond acceptors (Lipinski definition) is 4. The fourth-order valence-electron chi connectivity index (χ4n) is 1.38. The van der Waals surface area contributed by atoms with Crippen LogP contribution in [0.4, 0.5) is 5.69 Å². The number of halogens is 1. The van der Waals surface area contributed by atoms with E-state index < -0.39 is 0 Å². The maximum atomic E-state index is 12.0. The maximum absolute atomic E-state index is 12.0. The molecule has 3 N–H and O–H groups in total. The quantitative estimate of drug-likeness (QED) is 0.408. The van der Waals surface area contributed by atoms with Gasteiger partial charge in [0.1, 0.15) is 4.58 Å². The fourth-order valence-corrected chi connectivity index (χ4v) is 3.90. The van der Waals surface area contributed by atoms with Crippen molar-refractivity contribution in [3.8, 4) is 0 Å². The minimum Gasteiger partial charge on any atom is -0.331 e. The summed E-state index contributed by atoms with van der Waals surface area (Å²) in [5.41, 5.74) is 6.13. The summed E-state index contributed by atoms with van der Waals surface area (Å²) in [6, 6.07) is 7.13. The summed E-state index contributed by atoms with van der Waals surface area (Å²) in [5.74, 6) is 1.69. The van der Waals surface area contributed by atoms with Crippen LogP contribution >= 0.6 is 47.3 Å². The Morgan fingerprint density at radius 2 is 1.76 bits per heavy atom. The van der Waals surface area contributed by atoms with Gasteiger partial charge >= 0.3 is 0 Å². The third kappa shape index (κ3) is 7.26. The van der Waals surface area contributed by atoms with E-state index in [4.69, 9.17) is 23.8 Å². The van der Waals surface area contributed by atoms with Crippen molar-refractivity contribution >= 4 is 64.0 Å². The fraction of sp³-hybridized carbons (Fsp3) is 0.385. The van der Waals surface area contributed by atoms with E-state index >= 15 is 0 Å². The number of benzene rings is 1. The second-order valence-electron chi connectivity index (χ2n) is 3.82. The molecule has 0 saturated carbocycles. The van der Waals surface area contributed by atoms with Crippen LogP contribution in [0.15, 0.2) is 24.3 Å². The lowest BCUT2D eigenvalue weighted by Gasteiger charge is -2.16. The van der Waals surface area contributed by atoms with E-state index in [1.54, 1.807) is 47.8 Å². The first-order valence-electron chi connectivity index (χ1n) is 6.42. The second kappa shape index (κ2) is 10.2. The van der Waals surface area contributed by atoms with Gasteiger partial charge in [0.2, 0.25) is 0 Å². The van der Waals surface area contributed by atoms with Crippen molar-refractivity contribution in [3.05, 3.63) is 29.3 Å². The van der Waals surface area contributed by atoms with Gasteiger partial charge in [0.25, 0.3) is 5.91 Å². The van der Waals surface area contributed by atoms with Crippen LogP contribution in [0, 0.1) is 0 Å². The normalized spacial score (nSPS) is 10.3. The van der Waals surface area contributed by atoms with Gasteiger partial charge in [-0.25, -0.2) is 0 Å². The van der Waals surface area contributed by atoms with E-state index in [1.807, 2.05) is 13.8 Å². The van der Waals surface area contributed by atoms with Crippen LogP contribution in [0.25, 0.3) is 0 Å². The zero-order valence-corrected chi connectivity index (χ0v) is 15.0. The average molecular weight is 364 g/mol. The van der Waals surface area contributed by atoms with E-state index in [0.717, 1.165) is 17.2 Å². The third-order valence-electron chi connectivity index (χ3n) is 2.25. The van der Waals surface area contributed by atoms with Crippen LogP contribution in [0.2, 0.25) is 5.02 Å². The van der Waals surface area contributed by atoms with Gasteiger partial charge in [0, 0.05) is 10.7 Å². The van der Waals surface area contributed by atoms with Crippen LogP contribution in [-0.4, -0.2) is 27.1 Å². The summed E-state index contributed by atoms with van der Waals surface area (Å²) in [4.78, 5) is 12.0. The highest BCUT2D eigenvalue weighted by molar-refractivity contribution is 8.18. The summed E-state index contributed by atoms with van der Waals surface area (Å²) < 4.78 is -0.133. The minimum atomic E-state index is -0.133. The highest BCUT2D eigenvalue weighted by Gasteiger charge is 2.17. The van der Waals surface area contributed by atoms with Gasteiger partial charge in [-0.05, 0) is 48.0 Å². The largest absolute Gasteiger partial charge is 0.331 e. The predicted octanol–water partition coefficient (Wildman–Crippen LogP) is 3.49. The van der Waals surface area contributed by atoms with Gasteiger partial charge in [0.15, 0.2) is 5.11 Å². The Balaban J connectivity index is 2.40. The van der Waals surface area contributed by atoms with Crippen LogP contribution in [0.3, 0.4) is 0 Å². The highest BCUT2D eigenvalue weighted by Crippen LogP contribution is 2.23. The number of hydrogen-bond donors (Lipinski definition) is 3. The Morgan fingerprint density at radius 1 is 1.19 bits per heavy atom. The van der Waals surface area contributed by atoms with E-state index in [-0.39, 0.29) is 10.5 Å². The summed E-state index contributed by atoms with van der Waals surface area (Å²) in [7, 11) is 0. The SMILES string of the molecule is CCSC(SCC)C(=O)NNC(=S)Nc1ccc(Cl)cc1. The standard InChI is InChI=1S/C13H18ClN3OS3/c1-3-20-12(21-4-2)11(18)16-17-13(19)15-10-7-5-9(14)6-8-10/h5-8,12H,3-4H2,1-2H3,(H,16,18)(H2,15,17,19). The predicted molar refractivity (Wildman–Crippen MR) is 99.0 cm³/mol. The molecule has 1 rings (SSSR count). The molecule has 1 amide bonds. The van der Waals surface area contributed by atoms with Gasteiger partial charge < -0.3 is 5.32 Å². The van der Waals surface area contributed by atoms with Crippen molar-refractivity contribution in [2.45, 2.75) is 18.4 Å². The van der Waals surface area contributed by atoms with Gasteiger partial charge in [-0.2, -0.15) is 0 Å². The maximum Gasteiger partial charge on any atom is 0.261 e. The molecule has 1 aromatic carbocycles. The lowest BCUT2D eigenvalue weighted by atomic mass is 10.3. The molecule has 4 nitrogen and oxygen atoms in total. The van der Waals surface area contributed by atoms with Crippen molar-refractivity contribution in [1.29, 1.82) is 0 Å². The van der Waals surface area contributed by atoms with Gasteiger partial charge in [-0.3, -0.25) is 15.6 Å². The molecule has 0 fully saturated rings. The Bertz CT molecular complexity index is 464. The Labute approximate surface area is 144 Å². The summed E-state index contributed by atoms with van der Waals surface area (Å²) in [6.07, 6.45) is 0. The molecule has 116 valence electrons. The number of rotatable bonds is 6. The number of thiocarbonyl (C=S) groups is 1. The van der Waals surface area contributed by atoms with E-state index in [1.165, 1.54) is 0 Å². The van der Waals surface area contributed by atoms with Crippen LogP contribution < -0.4 is 16.2 Å². The summed E-state index contributed by atoms with van der Waals surface area (Å²) in [6.45, 7) is 4.06. The molecule has 0 spiro atoms. The van der Waals surface area contributed by atoms with Crippen molar-refractivity contribution in [2.24, 2.45) is 0 Å². The molecule has 0 atom stereocenters. The summed E-state index contributed by atoms with van der Waals surface area (Å²) in [5, 5.41) is 3.94. The molecule has 21 heavy (non-hydrogen) atoms. The Hall–Kier alpha value is -0.630. The number of carbonyl (C=O) groups is 1. The molecule has 0 aromatic heterocycles. The zero-order valence-electron chi connectivity index (χ0n) is 11.8. The molecule has 0 aliphatic rings. The molecule has 0 saturated heterocycles. The molecule has 0 bridgehead atoms. The highest BCUT2D eigenvalue weighted by atomic mass is 35.5. The van der Waals surface area contributed by atoms with Crippen LogP contribution in [0.1, 0.15) is 13.8 Å². The molecule has 0 aliphatic heterocycles. The van der Waals surface area contributed by atoms with Crippen molar-refractivity contribution in [1.82, 2.24) is 10.9 Å². The monoisotopic (exact) mass is 363 g/mol. The Morgan fingerprint density at radius 3 is 2.29 bits per heavy atom. The Kier molecular flexibility index (Phi) is 8.91. The molecule has 0 radical (unpaired) electrons. The van der Waals surface area contributed by atoms with Crippen molar-refractivity contribution in [2.75, 3.05) is 16.8 Å². The number of amides is 1. The molecular formula is C13H18ClN3OS3. The minimum absolute atomic E-state index is 0.0889. The van der Waals surface area contributed by atoms with E-state index in [9.17, 15) is 4.79 Å². The number of hydrazine groups is 1. The van der Waals surface area contributed by atoms with Gasteiger partial charge in [-0.1, -0.05) is 25.4 Å². The number of nitrogens with one attached hydrogen (secondary N) is 3. The first-order valence-corrected chi connectivity index (χ1v) is 9.30. The molecule has 8 heteroatoms. The third-order valence-corrected chi connectivity index (χ3v) is 5.22. The summed E-state index contributed by atoms with van der Waals surface area (Å²) >= 11 is 14.1. The van der Waals surface area contributed by atoms with Gasteiger partial charge in [0.05, 0.1) is 0 Å². The first kappa shape index (κ1) is 18.4. The molecule has 0 heterocycles. The van der Waals surface area contributed by atoms with Crippen LogP contribution in [0.5, 0.6) is 0 Å². The lowest BCUT2D eigenvalue weighted by molar-refractivity contribution is -0.119. The number of thioether (sulfide) groups is 2. The lowest BCUT2D eigenvalue weighted by Crippen LogP contribution is -2.46. The molecule has 0 aliphatic carbocycles. The van der Waals surface area contributed by atoms with Crippen molar-refractivity contribution in [3.63, 3.8) is 0 Å². The van der Waals surface area contributed by atoms with Crippen molar-refractivity contribution < 1.29 is 4.79 Å². The average Bonchev–Trinajstić information content (AvgIpc) is 2.47. The van der Waals surface area contributed by atoms with E-state index in [0.29, 0.717) is 10.1 Å². The van der Waals surface area contributed by atoms with Crippen LogP contribution in [-0.2, 0) is 4.79 Å². The number of anilines is 1. The molecular weight excluding hydrogens is 346 g/mol. The first-order chi connectivity index (χ1) is 10.1. The molecule has 0 unspecified atom stereocenters. The van der Waals surface area contributed by atoms with Gasteiger partial charge in [-0.15, -0.1) is 23.5 Å². The number of carbonyl (C=O) groups excluding carboxylic acids is 1. The second-order valence-corrected chi connectivity index (χ2v) is 7.73.